The second-order valence-electron chi connectivity index (χ2n) is 4.28. The van der Waals surface area contributed by atoms with E-state index >= 15 is 0 Å². The minimum atomic E-state index is -3.79. The summed E-state index contributed by atoms with van der Waals surface area (Å²) in [6.07, 6.45) is 4.29. The van der Waals surface area contributed by atoms with Gasteiger partial charge in [-0.25, -0.2) is 18.5 Å². The van der Waals surface area contributed by atoms with Gasteiger partial charge in [-0.1, -0.05) is 19.8 Å². The Hall–Kier alpha value is -0.950. The number of primary sulfonamides is 1. The molecule has 0 spiro atoms. The van der Waals surface area contributed by atoms with Gasteiger partial charge in [0.1, 0.15) is 5.82 Å². The molecule has 2 rings (SSSR count). The lowest BCUT2D eigenvalue weighted by Crippen LogP contribution is -2.19. The summed E-state index contributed by atoms with van der Waals surface area (Å²) in [5.74, 6) is 0.629. The number of nitrogens with one attached hydrogen (secondary N) is 1. The van der Waals surface area contributed by atoms with Gasteiger partial charge >= 0.3 is 0 Å². The quantitative estimate of drug-likeness (QED) is 0.762. The van der Waals surface area contributed by atoms with E-state index in [4.69, 9.17) is 5.14 Å². The number of hydrogen-bond acceptors (Lipinski definition) is 4. The van der Waals surface area contributed by atoms with Crippen molar-refractivity contribution < 1.29 is 8.42 Å². The van der Waals surface area contributed by atoms with Crippen LogP contribution in [-0.4, -0.2) is 23.6 Å². The fraction of sp³-hybridized carbons (Fsp3) is 0.750. The number of nitrogens with zero attached hydrogens (tertiary/aromatic N) is 2. The van der Waals surface area contributed by atoms with E-state index in [9.17, 15) is 8.42 Å². The van der Waals surface area contributed by atoms with Gasteiger partial charge in [-0.15, -0.1) is 5.10 Å². The van der Waals surface area contributed by atoms with E-state index in [0.29, 0.717) is 5.82 Å². The zero-order valence-electron chi connectivity index (χ0n) is 8.52. The highest BCUT2D eigenvalue weighted by molar-refractivity contribution is 7.89. The van der Waals surface area contributed by atoms with Crippen LogP contribution in [0.5, 0.6) is 0 Å². The van der Waals surface area contributed by atoms with Gasteiger partial charge in [0.05, 0.1) is 0 Å². The lowest BCUT2D eigenvalue weighted by Gasteiger charge is -2.19. The molecule has 0 aliphatic heterocycles. The van der Waals surface area contributed by atoms with Crippen LogP contribution in [-0.2, 0) is 15.4 Å². The van der Waals surface area contributed by atoms with Crippen molar-refractivity contribution in [3.05, 3.63) is 5.82 Å². The third-order valence-electron chi connectivity index (χ3n) is 3.00. The van der Waals surface area contributed by atoms with Crippen LogP contribution >= 0.6 is 0 Å². The highest BCUT2D eigenvalue weighted by atomic mass is 32.2. The standard InChI is InChI=1S/C8H14N4O2S/c1-8(4-2-3-5-8)6-10-7(12-11-6)15(9,13)14/h2-5H2,1H3,(H2,9,13,14)(H,10,11,12). The van der Waals surface area contributed by atoms with Gasteiger partial charge in [-0.05, 0) is 12.8 Å². The van der Waals surface area contributed by atoms with Gasteiger partial charge in [0.2, 0.25) is 0 Å². The molecule has 6 nitrogen and oxygen atoms in total. The molecule has 1 aromatic heterocycles. The molecule has 0 unspecified atom stereocenters. The molecule has 0 amide bonds. The Morgan fingerprint density at radius 1 is 1.40 bits per heavy atom. The number of sulfonamides is 1. The van der Waals surface area contributed by atoms with E-state index in [1.807, 2.05) is 0 Å². The number of H-pyrrole nitrogens is 1. The Morgan fingerprint density at radius 3 is 2.47 bits per heavy atom. The summed E-state index contributed by atoms with van der Waals surface area (Å²) in [4.78, 5) is 3.96. The molecule has 0 radical (unpaired) electrons. The summed E-state index contributed by atoms with van der Waals surface area (Å²) in [5.41, 5.74) is -0.0735. The van der Waals surface area contributed by atoms with Crippen molar-refractivity contribution in [3.63, 3.8) is 0 Å². The van der Waals surface area contributed by atoms with Crippen molar-refractivity contribution in [2.24, 2.45) is 5.14 Å². The van der Waals surface area contributed by atoms with Crippen LogP contribution in [0, 0.1) is 0 Å². The minimum absolute atomic E-state index is 0.0735. The summed E-state index contributed by atoms with van der Waals surface area (Å²) >= 11 is 0. The molecule has 0 aromatic carbocycles. The molecule has 1 aliphatic carbocycles. The Balaban J connectivity index is 2.35. The van der Waals surface area contributed by atoms with Gasteiger partial charge in [0, 0.05) is 5.41 Å². The van der Waals surface area contributed by atoms with Crippen molar-refractivity contribution >= 4 is 10.0 Å². The number of nitrogens with two attached hydrogens (primary N) is 1. The van der Waals surface area contributed by atoms with Crippen LogP contribution in [0.25, 0.3) is 0 Å². The average Bonchev–Trinajstić information content (AvgIpc) is 2.69. The van der Waals surface area contributed by atoms with Crippen molar-refractivity contribution in [3.8, 4) is 0 Å². The molecule has 1 saturated carbocycles. The average molecular weight is 230 g/mol. The van der Waals surface area contributed by atoms with E-state index in [0.717, 1.165) is 25.7 Å². The largest absolute Gasteiger partial charge is 0.282 e. The first kappa shape index (κ1) is 10.6. The summed E-state index contributed by atoms with van der Waals surface area (Å²) in [7, 11) is -3.79. The third kappa shape index (κ3) is 1.89. The molecule has 15 heavy (non-hydrogen) atoms. The number of hydrogen-bond donors (Lipinski definition) is 2. The second kappa shape index (κ2) is 3.28. The highest BCUT2D eigenvalue weighted by Gasteiger charge is 2.34. The molecule has 7 heteroatoms. The molecule has 0 saturated heterocycles. The molecule has 3 N–H and O–H groups in total. The van der Waals surface area contributed by atoms with Crippen LogP contribution < -0.4 is 5.14 Å². The maximum atomic E-state index is 11.0. The van der Waals surface area contributed by atoms with Gasteiger partial charge in [-0.2, -0.15) is 0 Å². The lowest BCUT2D eigenvalue weighted by atomic mass is 9.88. The highest BCUT2D eigenvalue weighted by Crippen LogP contribution is 2.38. The normalized spacial score (nSPS) is 20.7. The van der Waals surface area contributed by atoms with E-state index in [2.05, 4.69) is 22.1 Å². The number of rotatable bonds is 2. The van der Waals surface area contributed by atoms with Crippen molar-refractivity contribution in [1.29, 1.82) is 0 Å². The lowest BCUT2D eigenvalue weighted by molar-refractivity contribution is 0.459. The van der Waals surface area contributed by atoms with Crippen molar-refractivity contribution in [2.45, 2.75) is 43.2 Å². The first-order valence-electron chi connectivity index (χ1n) is 4.87. The maximum Gasteiger partial charge on any atom is 0.282 e. The first-order valence-corrected chi connectivity index (χ1v) is 6.42. The van der Waals surface area contributed by atoms with Crippen LogP contribution in [0.4, 0.5) is 0 Å². The molecule has 1 heterocycles. The zero-order chi connectivity index (χ0) is 11.1. The second-order valence-corrected chi connectivity index (χ2v) is 5.73. The molecule has 0 atom stereocenters. The van der Waals surface area contributed by atoms with E-state index in [-0.39, 0.29) is 10.6 Å². The van der Waals surface area contributed by atoms with Crippen LogP contribution in [0.3, 0.4) is 0 Å². The van der Waals surface area contributed by atoms with Crippen LogP contribution in [0.15, 0.2) is 5.16 Å². The SMILES string of the molecule is CC1(c2nc(S(N)(=O)=O)n[nH]2)CCCC1. The first-order chi connectivity index (χ1) is 6.92. The Labute approximate surface area is 88.3 Å². The van der Waals surface area contributed by atoms with Gasteiger partial charge in [-0.3, -0.25) is 5.10 Å². The zero-order valence-corrected chi connectivity index (χ0v) is 9.34. The Bertz CT molecular complexity index is 459. The molecule has 1 aliphatic rings. The van der Waals surface area contributed by atoms with Gasteiger partial charge < -0.3 is 0 Å². The Morgan fingerprint density at radius 2 is 2.00 bits per heavy atom. The maximum absolute atomic E-state index is 11.0. The molecule has 0 bridgehead atoms. The third-order valence-corrected chi connectivity index (χ3v) is 3.69. The van der Waals surface area contributed by atoms with E-state index in [1.54, 1.807) is 0 Å². The smallest absolute Gasteiger partial charge is 0.261 e. The molecule has 84 valence electrons. The predicted molar refractivity (Wildman–Crippen MR) is 53.6 cm³/mol. The van der Waals surface area contributed by atoms with Gasteiger partial charge in [0.25, 0.3) is 15.2 Å². The fourth-order valence-electron chi connectivity index (χ4n) is 2.04. The van der Waals surface area contributed by atoms with E-state index < -0.39 is 10.0 Å². The molecule has 1 aromatic rings. The van der Waals surface area contributed by atoms with Crippen LogP contribution in [0.2, 0.25) is 0 Å². The van der Waals surface area contributed by atoms with Gasteiger partial charge in [0.15, 0.2) is 0 Å². The summed E-state index contributed by atoms with van der Waals surface area (Å²) < 4.78 is 22.0. The van der Waals surface area contributed by atoms with Crippen molar-refractivity contribution in [1.82, 2.24) is 15.2 Å². The molecule has 1 fully saturated rings. The predicted octanol–water partition coefficient (Wildman–Crippen LogP) is 0.284. The van der Waals surface area contributed by atoms with Crippen LogP contribution in [0.1, 0.15) is 38.4 Å². The number of aromatic nitrogens is 3. The summed E-state index contributed by atoms with van der Waals surface area (Å²) in [6.45, 7) is 2.06. The fourth-order valence-corrected chi connectivity index (χ4v) is 2.43. The minimum Gasteiger partial charge on any atom is -0.261 e. The summed E-state index contributed by atoms with van der Waals surface area (Å²) in [6, 6.07) is 0. The monoisotopic (exact) mass is 230 g/mol. The topological polar surface area (TPSA) is 102 Å². The molecular weight excluding hydrogens is 216 g/mol. The Kier molecular flexibility index (Phi) is 2.31. The number of aromatic amines is 1. The molecular formula is C8H14N4O2S. The summed E-state index contributed by atoms with van der Waals surface area (Å²) in [5, 5.41) is 10.9. The van der Waals surface area contributed by atoms with Crippen molar-refractivity contribution in [2.75, 3.05) is 0 Å². The van der Waals surface area contributed by atoms with E-state index in [1.165, 1.54) is 0 Å².